The molecule has 0 spiro atoms. The standard InChI is InChI=1S/C18H17F2N5O/c19-13-5-3-4-12(16(13)20)11-25-9-2-1-6-15(25)18-24-23-17(26-18)14-10-21-7-8-22-14/h3-5,7-8,10,15H,1-2,6,9,11H2/t15-/m0/s1. The van der Waals surface area contributed by atoms with Crippen LogP contribution in [0.4, 0.5) is 8.78 Å². The summed E-state index contributed by atoms with van der Waals surface area (Å²) in [5.41, 5.74) is 0.829. The van der Waals surface area contributed by atoms with Crippen molar-refractivity contribution >= 4 is 0 Å². The number of benzene rings is 1. The molecule has 0 unspecified atom stereocenters. The molecule has 1 fully saturated rings. The van der Waals surface area contributed by atoms with Crippen LogP contribution < -0.4 is 0 Å². The lowest BCUT2D eigenvalue weighted by Gasteiger charge is -2.33. The number of hydrogen-bond acceptors (Lipinski definition) is 6. The average Bonchev–Trinajstić information content (AvgIpc) is 3.17. The van der Waals surface area contributed by atoms with Crippen molar-refractivity contribution in [2.24, 2.45) is 0 Å². The number of rotatable bonds is 4. The summed E-state index contributed by atoms with van der Waals surface area (Å²) in [5, 5.41) is 8.21. The molecule has 0 aliphatic carbocycles. The minimum atomic E-state index is -0.834. The monoisotopic (exact) mass is 357 g/mol. The highest BCUT2D eigenvalue weighted by Gasteiger charge is 2.29. The Morgan fingerprint density at radius 1 is 1.15 bits per heavy atom. The number of nitrogens with zero attached hydrogens (tertiary/aromatic N) is 5. The molecule has 1 aromatic carbocycles. The molecule has 0 radical (unpaired) electrons. The van der Waals surface area contributed by atoms with Crippen LogP contribution in [0, 0.1) is 11.6 Å². The smallest absolute Gasteiger partial charge is 0.267 e. The van der Waals surface area contributed by atoms with Crippen LogP contribution in [0.2, 0.25) is 0 Å². The molecule has 0 N–H and O–H groups in total. The third kappa shape index (κ3) is 3.32. The highest BCUT2D eigenvalue weighted by molar-refractivity contribution is 5.43. The summed E-state index contributed by atoms with van der Waals surface area (Å²) in [5.74, 6) is -0.876. The molecule has 4 rings (SSSR count). The minimum Gasteiger partial charge on any atom is -0.417 e. The Morgan fingerprint density at radius 2 is 2.08 bits per heavy atom. The van der Waals surface area contributed by atoms with Crippen LogP contribution in [0.1, 0.15) is 36.8 Å². The van der Waals surface area contributed by atoms with Gasteiger partial charge in [-0.2, -0.15) is 0 Å². The maximum atomic E-state index is 14.0. The Hall–Kier alpha value is -2.74. The fourth-order valence-electron chi connectivity index (χ4n) is 3.23. The average molecular weight is 357 g/mol. The van der Waals surface area contributed by atoms with Crippen LogP contribution in [-0.2, 0) is 6.54 Å². The third-order valence-corrected chi connectivity index (χ3v) is 4.53. The van der Waals surface area contributed by atoms with E-state index in [2.05, 4.69) is 25.1 Å². The van der Waals surface area contributed by atoms with Gasteiger partial charge in [-0.05, 0) is 25.5 Å². The lowest BCUT2D eigenvalue weighted by Crippen LogP contribution is -2.33. The topological polar surface area (TPSA) is 67.9 Å². The van der Waals surface area contributed by atoms with E-state index < -0.39 is 11.6 Å². The third-order valence-electron chi connectivity index (χ3n) is 4.53. The molecular formula is C18H17F2N5O. The first kappa shape index (κ1) is 16.7. The number of likely N-dealkylation sites (tertiary alicyclic amines) is 1. The van der Waals surface area contributed by atoms with Gasteiger partial charge in [0.15, 0.2) is 11.6 Å². The molecule has 8 heteroatoms. The Morgan fingerprint density at radius 3 is 2.92 bits per heavy atom. The molecule has 1 aliphatic heterocycles. The maximum absolute atomic E-state index is 14.0. The number of halogens is 2. The summed E-state index contributed by atoms with van der Waals surface area (Å²) >= 11 is 0. The van der Waals surface area contributed by atoms with E-state index in [4.69, 9.17) is 4.42 Å². The summed E-state index contributed by atoms with van der Waals surface area (Å²) in [4.78, 5) is 10.2. The lowest BCUT2D eigenvalue weighted by atomic mass is 10.0. The van der Waals surface area contributed by atoms with Crippen LogP contribution in [-0.4, -0.2) is 31.6 Å². The fraction of sp³-hybridized carbons (Fsp3) is 0.333. The Bertz CT molecular complexity index is 886. The van der Waals surface area contributed by atoms with Gasteiger partial charge in [-0.3, -0.25) is 9.88 Å². The van der Waals surface area contributed by atoms with E-state index in [0.29, 0.717) is 23.0 Å². The van der Waals surface area contributed by atoms with Crippen LogP contribution >= 0.6 is 0 Å². The van der Waals surface area contributed by atoms with E-state index in [9.17, 15) is 8.78 Å². The van der Waals surface area contributed by atoms with Gasteiger partial charge >= 0.3 is 0 Å². The molecular weight excluding hydrogens is 340 g/mol. The van der Waals surface area contributed by atoms with Gasteiger partial charge in [0.05, 0.1) is 12.2 Å². The molecule has 3 aromatic rings. The molecule has 6 nitrogen and oxygen atoms in total. The summed E-state index contributed by atoms with van der Waals surface area (Å²) in [7, 11) is 0. The Balaban J connectivity index is 1.58. The molecule has 1 atom stereocenters. The van der Waals surface area contributed by atoms with E-state index in [1.54, 1.807) is 24.7 Å². The minimum absolute atomic E-state index is 0.135. The molecule has 3 heterocycles. The molecule has 1 aliphatic rings. The SMILES string of the molecule is Fc1cccc(CN2CCCC[C@H]2c2nnc(-c3cnccn3)o2)c1F. The van der Waals surface area contributed by atoms with Crippen molar-refractivity contribution in [3.63, 3.8) is 0 Å². The Kier molecular flexibility index (Phi) is 4.66. The summed E-state index contributed by atoms with van der Waals surface area (Å²) < 4.78 is 33.3. The zero-order chi connectivity index (χ0) is 17.9. The zero-order valence-electron chi connectivity index (χ0n) is 14.0. The second-order valence-corrected chi connectivity index (χ2v) is 6.23. The first-order valence-electron chi connectivity index (χ1n) is 8.49. The molecule has 0 saturated carbocycles. The summed E-state index contributed by atoms with van der Waals surface area (Å²) in [6, 6.07) is 4.11. The molecule has 2 aromatic heterocycles. The van der Waals surface area contributed by atoms with E-state index >= 15 is 0 Å². The van der Waals surface area contributed by atoms with Gasteiger partial charge in [0.25, 0.3) is 5.89 Å². The molecule has 0 bridgehead atoms. The van der Waals surface area contributed by atoms with E-state index in [0.717, 1.165) is 31.9 Å². The van der Waals surface area contributed by atoms with Crippen molar-refractivity contribution in [2.45, 2.75) is 31.8 Å². The predicted molar refractivity (Wildman–Crippen MR) is 88.7 cm³/mol. The first-order chi connectivity index (χ1) is 12.7. The van der Waals surface area contributed by atoms with Crippen molar-refractivity contribution in [1.82, 2.24) is 25.1 Å². The van der Waals surface area contributed by atoms with Gasteiger partial charge in [0.1, 0.15) is 5.69 Å². The van der Waals surface area contributed by atoms with Crippen molar-refractivity contribution in [2.75, 3.05) is 6.54 Å². The van der Waals surface area contributed by atoms with Gasteiger partial charge in [-0.25, -0.2) is 13.8 Å². The van der Waals surface area contributed by atoms with Gasteiger partial charge in [-0.15, -0.1) is 10.2 Å². The molecule has 0 amide bonds. The van der Waals surface area contributed by atoms with E-state index in [1.807, 2.05) is 0 Å². The van der Waals surface area contributed by atoms with Crippen molar-refractivity contribution in [3.05, 3.63) is 59.9 Å². The van der Waals surface area contributed by atoms with Crippen molar-refractivity contribution in [3.8, 4) is 11.6 Å². The normalized spacial score (nSPS) is 18.2. The molecule has 26 heavy (non-hydrogen) atoms. The fourth-order valence-corrected chi connectivity index (χ4v) is 3.23. The highest BCUT2D eigenvalue weighted by atomic mass is 19.2. The first-order valence-corrected chi connectivity index (χ1v) is 8.49. The Labute approximate surface area is 148 Å². The van der Waals surface area contributed by atoms with Crippen molar-refractivity contribution in [1.29, 1.82) is 0 Å². The highest BCUT2D eigenvalue weighted by Crippen LogP contribution is 2.33. The predicted octanol–water partition coefficient (Wildman–Crippen LogP) is 3.53. The van der Waals surface area contributed by atoms with Crippen LogP contribution in [0.5, 0.6) is 0 Å². The second-order valence-electron chi connectivity index (χ2n) is 6.23. The largest absolute Gasteiger partial charge is 0.417 e. The number of hydrogen-bond donors (Lipinski definition) is 0. The van der Waals surface area contributed by atoms with Crippen LogP contribution in [0.25, 0.3) is 11.6 Å². The van der Waals surface area contributed by atoms with Crippen LogP contribution in [0.15, 0.2) is 41.2 Å². The zero-order valence-corrected chi connectivity index (χ0v) is 14.0. The molecule has 1 saturated heterocycles. The quantitative estimate of drug-likeness (QED) is 0.712. The van der Waals surface area contributed by atoms with Gasteiger partial charge in [0.2, 0.25) is 5.89 Å². The second kappa shape index (κ2) is 7.25. The number of aromatic nitrogens is 4. The maximum Gasteiger partial charge on any atom is 0.267 e. The van der Waals surface area contributed by atoms with E-state index in [1.165, 1.54) is 6.07 Å². The van der Waals surface area contributed by atoms with Gasteiger partial charge in [-0.1, -0.05) is 18.6 Å². The lowest BCUT2D eigenvalue weighted by molar-refractivity contribution is 0.116. The van der Waals surface area contributed by atoms with E-state index in [-0.39, 0.29) is 12.6 Å². The summed E-state index contributed by atoms with van der Waals surface area (Å²) in [6.07, 6.45) is 7.49. The number of piperidine rings is 1. The molecule has 134 valence electrons. The van der Waals surface area contributed by atoms with Gasteiger partial charge in [0, 0.05) is 24.5 Å². The van der Waals surface area contributed by atoms with Crippen molar-refractivity contribution < 1.29 is 13.2 Å². The summed E-state index contributed by atoms with van der Waals surface area (Å²) in [6.45, 7) is 1.04. The van der Waals surface area contributed by atoms with Crippen LogP contribution in [0.3, 0.4) is 0 Å². The van der Waals surface area contributed by atoms with Gasteiger partial charge < -0.3 is 4.42 Å².